The van der Waals surface area contributed by atoms with Crippen LogP contribution in [0.25, 0.3) is 0 Å². The molecule has 0 radical (unpaired) electrons. The second kappa shape index (κ2) is 3.41. The summed E-state index contributed by atoms with van der Waals surface area (Å²) < 4.78 is 10.5. The molecule has 0 amide bonds. The molecule has 1 unspecified atom stereocenters. The lowest BCUT2D eigenvalue weighted by molar-refractivity contribution is -0.862. The molecular formula is C8H16NO3+. The highest BCUT2D eigenvalue weighted by Crippen LogP contribution is 2.08. The largest absolute Gasteiger partial charge is 0.459 e. The van der Waals surface area contributed by atoms with Crippen molar-refractivity contribution in [1.82, 2.24) is 0 Å². The van der Waals surface area contributed by atoms with E-state index in [2.05, 4.69) is 0 Å². The SMILES string of the molecule is C[N+](C)(C)CC(=O)OCC1CO1. The number of hydrogen-bond acceptors (Lipinski definition) is 3. The number of carbonyl (C=O) groups excluding carboxylic acids is 1. The number of hydrogen-bond donors (Lipinski definition) is 0. The molecule has 0 aromatic carbocycles. The first-order valence-corrected chi connectivity index (χ1v) is 4.05. The Morgan fingerprint density at radius 3 is 2.58 bits per heavy atom. The van der Waals surface area contributed by atoms with Crippen LogP contribution in [-0.4, -0.2) is 57.5 Å². The Morgan fingerprint density at radius 2 is 2.17 bits per heavy atom. The molecule has 4 heteroatoms. The Kier molecular flexibility index (Phi) is 2.69. The molecular weight excluding hydrogens is 158 g/mol. The van der Waals surface area contributed by atoms with Gasteiger partial charge in [-0.1, -0.05) is 0 Å². The van der Waals surface area contributed by atoms with Crippen LogP contribution in [0.4, 0.5) is 0 Å². The van der Waals surface area contributed by atoms with Gasteiger partial charge in [0, 0.05) is 0 Å². The Labute approximate surface area is 72.6 Å². The minimum atomic E-state index is -0.155. The molecule has 1 saturated heterocycles. The van der Waals surface area contributed by atoms with Crippen LogP contribution in [0.3, 0.4) is 0 Å². The molecule has 70 valence electrons. The fourth-order valence-electron chi connectivity index (χ4n) is 0.783. The standard InChI is InChI=1S/C8H16NO3/c1-9(2,3)4-8(10)12-6-7-5-11-7/h7H,4-6H2,1-3H3/q+1. The average Bonchev–Trinajstić information content (AvgIpc) is 2.61. The van der Waals surface area contributed by atoms with Crippen molar-refractivity contribution in [3.05, 3.63) is 0 Å². The van der Waals surface area contributed by atoms with Crippen molar-refractivity contribution in [2.75, 3.05) is 40.9 Å². The van der Waals surface area contributed by atoms with Crippen LogP contribution in [0.15, 0.2) is 0 Å². The van der Waals surface area contributed by atoms with Gasteiger partial charge in [-0.05, 0) is 0 Å². The molecule has 0 aromatic heterocycles. The van der Waals surface area contributed by atoms with Crippen LogP contribution in [0.2, 0.25) is 0 Å². The van der Waals surface area contributed by atoms with Crippen LogP contribution < -0.4 is 0 Å². The second-order valence-electron chi connectivity index (χ2n) is 4.09. The summed E-state index contributed by atoms with van der Waals surface area (Å²) in [5, 5.41) is 0. The zero-order valence-corrected chi connectivity index (χ0v) is 7.87. The molecule has 12 heavy (non-hydrogen) atoms. The highest BCUT2D eigenvalue weighted by atomic mass is 16.6. The van der Waals surface area contributed by atoms with Crippen molar-refractivity contribution in [2.45, 2.75) is 6.10 Å². The zero-order valence-electron chi connectivity index (χ0n) is 7.87. The fourth-order valence-corrected chi connectivity index (χ4v) is 0.783. The van der Waals surface area contributed by atoms with E-state index in [9.17, 15) is 4.79 Å². The summed E-state index contributed by atoms with van der Waals surface area (Å²) >= 11 is 0. The van der Waals surface area contributed by atoms with Gasteiger partial charge in [-0.3, -0.25) is 0 Å². The minimum Gasteiger partial charge on any atom is -0.459 e. The molecule has 0 aliphatic carbocycles. The summed E-state index contributed by atoms with van der Waals surface area (Å²) in [7, 11) is 5.86. The summed E-state index contributed by atoms with van der Waals surface area (Å²) in [6.45, 7) is 1.56. The first-order valence-electron chi connectivity index (χ1n) is 4.05. The third-order valence-corrected chi connectivity index (χ3v) is 1.44. The van der Waals surface area contributed by atoms with Gasteiger partial charge in [0.25, 0.3) is 0 Å². The molecule has 1 aliphatic rings. The van der Waals surface area contributed by atoms with Crippen molar-refractivity contribution in [3.63, 3.8) is 0 Å². The number of quaternary nitrogens is 1. The van der Waals surface area contributed by atoms with Crippen LogP contribution >= 0.6 is 0 Å². The normalized spacial score (nSPS) is 22.1. The van der Waals surface area contributed by atoms with E-state index in [1.807, 2.05) is 21.1 Å². The maximum atomic E-state index is 11.1. The maximum absolute atomic E-state index is 11.1. The number of nitrogens with zero attached hydrogens (tertiary/aromatic N) is 1. The maximum Gasteiger partial charge on any atom is 0.361 e. The molecule has 1 rings (SSSR count). The third kappa shape index (κ3) is 4.31. The molecule has 0 saturated carbocycles. The predicted molar refractivity (Wildman–Crippen MR) is 43.6 cm³/mol. The van der Waals surface area contributed by atoms with Crippen molar-refractivity contribution >= 4 is 5.97 Å². The molecule has 1 atom stereocenters. The van der Waals surface area contributed by atoms with Crippen molar-refractivity contribution in [3.8, 4) is 0 Å². The van der Waals surface area contributed by atoms with Crippen LogP contribution in [0, 0.1) is 0 Å². The summed E-state index contributed by atoms with van der Waals surface area (Å²) in [5.41, 5.74) is 0. The van der Waals surface area contributed by atoms with Gasteiger partial charge < -0.3 is 14.0 Å². The minimum absolute atomic E-state index is 0.155. The Bertz CT molecular complexity index is 170. The van der Waals surface area contributed by atoms with Gasteiger partial charge in [-0.2, -0.15) is 0 Å². The first kappa shape index (κ1) is 9.48. The molecule has 0 spiro atoms. The van der Waals surface area contributed by atoms with E-state index in [0.717, 1.165) is 6.61 Å². The topological polar surface area (TPSA) is 38.8 Å². The number of likely N-dealkylation sites (N-methyl/N-ethyl adjacent to an activating group) is 1. The van der Waals surface area contributed by atoms with E-state index in [1.54, 1.807) is 0 Å². The Morgan fingerprint density at radius 1 is 1.58 bits per heavy atom. The molecule has 0 bridgehead atoms. The van der Waals surface area contributed by atoms with Crippen LogP contribution in [0.1, 0.15) is 0 Å². The summed E-state index contributed by atoms with van der Waals surface area (Å²) in [6, 6.07) is 0. The molecule has 1 aliphatic heterocycles. The second-order valence-corrected chi connectivity index (χ2v) is 4.09. The fraction of sp³-hybridized carbons (Fsp3) is 0.875. The Hall–Kier alpha value is -0.610. The predicted octanol–water partition coefficient (Wildman–Crippen LogP) is -0.365. The third-order valence-electron chi connectivity index (χ3n) is 1.44. The van der Waals surface area contributed by atoms with E-state index in [0.29, 0.717) is 17.6 Å². The lowest BCUT2D eigenvalue weighted by Crippen LogP contribution is -2.40. The van der Waals surface area contributed by atoms with E-state index in [4.69, 9.17) is 9.47 Å². The first-order chi connectivity index (χ1) is 5.47. The zero-order chi connectivity index (χ0) is 9.19. The van der Waals surface area contributed by atoms with Crippen LogP contribution in [0.5, 0.6) is 0 Å². The summed E-state index contributed by atoms with van der Waals surface area (Å²) in [4.78, 5) is 11.1. The van der Waals surface area contributed by atoms with Gasteiger partial charge in [-0.15, -0.1) is 0 Å². The van der Waals surface area contributed by atoms with Crippen molar-refractivity contribution in [2.24, 2.45) is 0 Å². The van der Waals surface area contributed by atoms with Crippen LogP contribution in [-0.2, 0) is 14.3 Å². The van der Waals surface area contributed by atoms with E-state index >= 15 is 0 Å². The number of epoxide rings is 1. The smallest absolute Gasteiger partial charge is 0.361 e. The molecule has 0 aromatic rings. The number of carbonyl (C=O) groups is 1. The number of esters is 1. The van der Waals surface area contributed by atoms with E-state index in [1.165, 1.54) is 0 Å². The van der Waals surface area contributed by atoms with Gasteiger partial charge in [0.1, 0.15) is 12.7 Å². The highest BCUT2D eigenvalue weighted by Gasteiger charge is 2.25. The van der Waals surface area contributed by atoms with Gasteiger partial charge in [0.15, 0.2) is 6.54 Å². The quantitative estimate of drug-likeness (QED) is 0.332. The lowest BCUT2D eigenvalue weighted by Gasteiger charge is -2.22. The lowest BCUT2D eigenvalue weighted by atomic mass is 10.5. The molecule has 1 fully saturated rings. The van der Waals surface area contributed by atoms with E-state index in [-0.39, 0.29) is 12.1 Å². The summed E-state index contributed by atoms with van der Waals surface area (Å²) in [5.74, 6) is -0.155. The monoisotopic (exact) mass is 174 g/mol. The molecule has 4 nitrogen and oxygen atoms in total. The molecule has 1 heterocycles. The van der Waals surface area contributed by atoms with Crippen molar-refractivity contribution < 1.29 is 18.8 Å². The number of rotatable bonds is 4. The van der Waals surface area contributed by atoms with Crippen molar-refractivity contribution in [1.29, 1.82) is 0 Å². The van der Waals surface area contributed by atoms with Gasteiger partial charge in [0.05, 0.1) is 27.7 Å². The van der Waals surface area contributed by atoms with Gasteiger partial charge in [-0.25, -0.2) is 4.79 Å². The summed E-state index contributed by atoms with van der Waals surface area (Å²) in [6.07, 6.45) is 0.168. The highest BCUT2D eigenvalue weighted by molar-refractivity contribution is 5.70. The average molecular weight is 174 g/mol. The van der Waals surface area contributed by atoms with Gasteiger partial charge in [0.2, 0.25) is 0 Å². The Balaban J connectivity index is 2.10. The number of ether oxygens (including phenoxy) is 2. The van der Waals surface area contributed by atoms with E-state index < -0.39 is 0 Å². The van der Waals surface area contributed by atoms with Gasteiger partial charge >= 0.3 is 5.97 Å². The molecule has 0 N–H and O–H groups in total.